The van der Waals surface area contributed by atoms with Crippen LogP contribution in [-0.2, 0) is 14.3 Å². The molecule has 0 spiro atoms. The average Bonchev–Trinajstić information content (AvgIpc) is 2.52. The zero-order chi connectivity index (χ0) is 20.7. The zero-order valence-electron chi connectivity index (χ0n) is 18.5. The van der Waals surface area contributed by atoms with E-state index in [1.54, 1.807) is 0 Å². The number of hydrogen-bond acceptors (Lipinski definition) is 3. The Morgan fingerprint density at radius 2 is 1.48 bits per heavy atom. The molecular weight excluding hydrogens is 342 g/mol. The molecule has 2 atom stereocenters. The summed E-state index contributed by atoms with van der Waals surface area (Å²) in [5, 5.41) is 8.99. The van der Waals surface area contributed by atoms with E-state index in [2.05, 4.69) is 13.8 Å². The third kappa shape index (κ3) is 18.0. The first kappa shape index (κ1) is 25.9. The maximum Gasteiger partial charge on any atom is 0.307 e. The van der Waals surface area contributed by atoms with E-state index >= 15 is 0 Å². The first-order valence-electron chi connectivity index (χ1n) is 10.9. The van der Waals surface area contributed by atoms with E-state index in [1.807, 2.05) is 21.1 Å². The highest BCUT2D eigenvalue weighted by Gasteiger charge is 2.24. The second-order valence-electron chi connectivity index (χ2n) is 9.09. The molecule has 0 amide bonds. The molecule has 0 heterocycles. The van der Waals surface area contributed by atoms with E-state index in [9.17, 15) is 9.59 Å². The fraction of sp³-hybridized carbons (Fsp3) is 0.909. The van der Waals surface area contributed by atoms with Crippen molar-refractivity contribution in [3.05, 3.63) is 0 Å². The van der Waals surface area contributed by atoms with Gasteiger partial charge in [-0.25, -0.2) is 0 Å². The van der Waals surface area contributed by atoms with Crippen LogP contribution in [0.15, 0.2) is 0 Å². The third-order valence-corrected chi connectivity index (χ3v) is 4.83. The molecule has 0 aromatic heterocycles. The minimum Gasteiger partial charge on any atom is -0.481 e. The highest BCUT2D eigenvalue weighted by atomic mass is 16.5. The lowest BCUT2D eigenvalue weighted by atomic mass is 9.96. The summed E-state index contributed by atoms with van der Waals surface area (Å²) in [4.78, 5) is 23.0. The van der Waals surface area contributed by atoms with Crippen LogP contribution >= 0.6 is 0 Å². The van der Waals surface area contributed by atoms with Gasteiger partial charge >= 0.3 is 11.9 Å². The molecule has 0 saturated heterocycles. The summed E-state index contributed by atoms with van der Waals surface area (Å²) in [6.07, 6.45) is 11.9. The van der Waals surface area contributed by atoms with Gasteiger partial charge in [-0.2, -0.15) is 0 Å². The SMILES string of the molecule is CCCCCCC(C)CCCCCCC(=O)OC(CC(=O)O)C[N+](C)(C)C. The van der Waals surface area contributed by atoms with Crippen LogP contribution in [0.4, 0.5) is 0 Å². The van der Waals surface area contributed by atoms with Gasteiger partial charge < -0.3 is 14.3 Å². The Kier molecular flexibility index (Phi) is 14.3. The predicted octanol–water partition coefficient (Wildman–Crippen LogP) is 5.03. The molecular formula is C22H44NO4+. The van der Waals surface area contributed by atoms with Crippen molar-refractivity contribution in [2.24, 2.45) is 5.92 Å². The van der Waals surface area contributed by atoms with Crippen LogP contribution in [0.5, 0.6) is 0 Å². The van der Waals surface area contributed by atoms with Crippen LogP contribution in [0.3, 0.4) is 0 Å². The quantitative estimate of drug-likeness (QED) is 0.216. The van der Waals surface area contributed by atoms with E-state index in [0.29, 0.717) is 17.4 Å². The van der Waals surface area contributed by atoms with Crippen molar-refractivity contribution in [1.29, 1.82) is 0 Å². The predicted molar refractivity (Wildman–Crippen MR) is 111 cm³/mol. The number of carboxylic acids is 1. The second-order valence-corrected chi connectivity index (χ2v) is 9.09. The number of rotatable bonds is 17. The molecule has 0 fully saturated rings. The number of carboxylic acid groups (broad SMARTS) is 1. The van der Waals surface area contributed by atoms with Crippen LogP contribution < -0.4 is 0 Å². The number of nitrogens with zero attached hydrogens (tertiary/aromatic N) is 1. The highest BCUT2D eigenvalue weighted by molar-refractivity contribution is 5.71. The van der Waals surface area contributed by atoms with E-state index in [0.717, 1.165) is 25.2 Å². The van der Waals surface area contributed by atoms with Gasteiger partial charge in [0.15, 0.2) is 6.10 Å². The Morgan fingerprint density at radius 1 is 0.926 bits per heavy atom. The minimum absolute atomic E-state index is 0.128. The van der Waals surface area contributed by atoms with Crippen LogP contribution in [0.25, 0.3) is 0 Å². The Balaban J connectivity index is 3.83. The van der Waals surface area contributed by atoms with Crippen molar-refractivity contribution in [3.8, 4) is 0 Å². The molecule has 1 N–H and O–H groups in total. The van der Waals surface area contributed by atoms with Gasteiger partial charge in [0.05, 0.1) is 27.6 Å². The lowest BCUT2D eigenvalue weighted by Crippen LogP contribution is -2.43. The molecule has 0 aliphatic rings. The van der Waals surface area contributed by atoms with Crippen molar-refractivity contribution >= 4 is 11.9 Å². The van der Waals surface area contributed by atoms with Gasteiger partial charge in [-0.1, -0.05) is 71.6 Å². The fourth-order valence-electron chi connectivity index (χ4n) is 3.37. The van der Waals surface area contributed by atoms with E-state index in [1.165, 1.54) is 44.9 Å². The van der Waals surface area contributed by atoms with Gasteiger partial charge in [-0.3, -0.25) is 9.59 Å². The molecule has 0 aliphatic carbocycles. The number of quaternary nitrogens is 1. The number of likely N-dealkylation sites (N-methyl/N-ethyl adjacent to an activating group) is 1. The molecule has 0 saturated carbocycles. The van der Waals surface area contributed by atoms with Gasteiger partial charge in [0.2, 0.25) is 0 Å². The summed E-state index contributed by atoms with van der Waals surface area (Å²) < 4.78 is 5.98. The van der Waals surface area contributed by atoms with Gasteiger partial charge in [-0.15, -0.1) is 0 Å². The van der Waals surface area contributed by atoms with E-state index in [-0.39, 0.29) is 12.4 Å². The number of aliphatic carboxylic acids is 1. The topological polar surface area (TPSA) is 63.6 Å². The van der Waals surface area contributed by atoms with Crippen LogP contribution in [-0.4, -0.2) is 55.3 Å². The van der Waals surface area contributed by atoms with Crippen molar-refractivity contribution in [2.45, 2.75) is 97.0 Å². The highest BCUT2D eigenvalue weighted by Crippen LogP contribution is 2.18. The summed E-state index contributed by atoms with van der Waals surface area (Å²) >= 11 is 0. The fourth-order valence-corrected chi connectivity index (χ4v) is 3.37. The van der Waals surface area contributed by atoms with Crippen molar-refractivity contribution in [1.82, 2.24) is 0 Å². The number of hydrogen-bond donors (Lipinski definition) is 1. The molecule has 0 aromatic carbocycles. The number of unbranched alkanes of at least 4 members (excludes halogenated alkanes) is 6. The third-order valence-electron chi connectivity index (χ3n) is 4.83. The first-order chi connectivity index (χ1) is 12.6. The lowest BCUT2D eigenvalue weighted by molar-refractivity contribution is -0.873. The maximum atomic E-state index is 12.0. The molecule has 160 valence electrons. The number of carbonyl (C=O) groups excluding carboxylic acids is 1. The normalized spacial score (nSPS) is 14.0. The number of ether oxygens (including phenoxy) is 1. The summed E-state index contributed by atoms with van der Waals surface area (Å²) in [6.45, 7) is 5.10. The van der Waals surface area contributed by atoms with Crippen molar-refractivity contribution in [2.75, 3.05) is 27.7 Å². The molecule has 0 aromatic rings. The van der Waals surface area contributed by atoms with Gasteiger partial charge in [0.25, 0.3) is 0 Å². The van der Waals surface area contributed by atoms with Crippen LogP contribution in [0, 0.1) is 5.92 Å². The summed E-state index contributed by atoms with van der Waals surface area (Å²) in [6, 6.07) is 0. The molecule has 5 heteroatoms. The summed E-state index contributed by atoms with van der Waals surface area (Å²) in [5.74, 6) is -0.386. The number of carbonyl (C=O) groups is 2. The second kappa shape index (κ2) is 14.9. The molecule has 5 nitrogen and oxygen atoms in total. The zero-order valence-corrected chi connectivity index (χ0v) is 18.5. The Morgan fingerprint density at radius 3 is 2.00 bits per heavy atom. The van der Waals surface area contributed by atoms with E-state index in [4.69, 9.17) is 9.84 Å². The van der Waals surface area contributed by atoms with Crippen LogP contribution in [0.1, 0.15) is 90.9 Å². The van der Waals surface area contributed by atoms with Crippen molar-refractivity contribution < 1.29 is 23.9 Å². The molecule has 0 aliphatic heterocycles. The maximum absolute atomic E-state index is 12.0. The Labute approximate surface area is 167 Å². The molecule has 0 bridgehead atoms. The van der Waals surface area contributed by atoms with E-state index < -0.39 is 12.1 Å². The van der Waals surface area contributed by atoms with Gasteiger partial charge in [-0.05, 0) is 12.3 Å². The average molecular weight is 387 g/mol. The monoisotopic (exact) mass is 386 g/mol. The summed E-state index contributed by atoms with van der Waals surface area (Å²) in [7, 11) is 5.90. The molecule has 0 radical (unpaired) electrons. The van der Waals surface area contributed by atoms with Gasteiger partial charge in [0, 0.05) is 6.42 Å². The minimum atomic E-state index is -0.926. The largest absolute Gasteiger partial charge is 0.481 e. The van der Waals surface area contributed by atoms with Crippen molar-refractivity contribution in [3.63, 3.8) is 0 Å². The smallest absolute Gasteiger partial charge is 0.307 e. The Bertz CT molecular complexity index is 404. The lowest BCUT2D eigenvalue weighted by Gasteiger charge is -2.28. The van der Waals surface area contributed by atoms with Crippen LogP contribution in [0.2, 0.25) is 0 Å². The molecule has 27 heavy (non-hydrogen) atoms. The Hall–Kier alpha value is -1.10. The summed E-state index contributed by atoms with van der Waals surface area (Å²) in [5.41, 5.74) is 0. The number of esters is 1. The molecule has 2 unspecified atom stereocenters. The molecule has 0 rings (SSSR count). The standard InChI is InChI=1S/C22H43NO4/c1-6-7-8-11-14-19(2)15-12-9-10-13-16-22(26)27-20(17-21(24)25)18-23(3,4)5/h19-20H,6-18H2,1-5H3/p+1. The van der Waals surface area contributed by atoms with Gasteiger partial charge in [0.1, 0.15) is 6.54 Å². The first-order valence-corrected chi connectivity index (χ1v) is 10.9.